The van der Waals surface area contributed by atoms with Crippen LogP contribution in [0.15, 0.2) is 5.38 Å². The fraction of sp³-hybridized carbons (Fsp3) is 0.688. The van der Waals surface area contributed by atoms with Crippen molar-refractivity contribution >= 4 is 28.3 Å². The van der Waals surface area contributed by atoms with E-state index in [-0.39, 0.29) is 29.9 Å². The molecule has 7 nitrogen and oxygen atoms in total. The minimum absolute atomic E-state index is 0.00260. The van der Waals surface area contributed by atoms with Crippen molar-refractivity contribution in [1.82, 2.24) is 15.2 Å². The van der Waals surface area contributed by atoms with Gasteiger partial charge in [-0.05, 0) is 25.7 Å². The van der Waals surface area contributed by atoms with Crippen LogP contribution in [0, 0.1) is 5.92 Å². The summed E-state index contributed by atoms with van der Waals surface area (Å²) < 4.78 is 5.84. The number of amides is 2. The lowest BCUT2D eigenvalue weighted by molar-refractivity contribution is -0.154. The van der Waals surface area contributed by atoms with E-state index in [9.17, 15) is 9.59 Å². The van der Waals surface area contributed by atoms with Crippen molar-refractivity contribution in [1.29, 1.82) is 0 Å². The Bertz CT molecular complexity index is 606. The number of nitrogens with one attached hydrogen (secondary N) is 1. The van der Waals surface area contributed by atoms with Gasteiger partial charge in [-0.15, -0.1) is 11.3 Å². The highest BCUT2D eigenvalue weighted by molar-refractivity contribution is 7.13. The predicted molar refractivity (Wildman–Crippen MR) is 91.5 cm³/mol. The lowest BCUT2D eigenvalue weighted by atomic mass is 9.81. The highest BCUT2D eigenvalue weighted by atomic mass is 32.1. The van der Waals surface area contributed by atoms with Gasteiger partial charge in [-0.2, -0.15) is 0 Å². The molecule has 1 saturated heterocycles. The van der Waals surface area contributed by atoms with Crippen LogP contribution in [0.2, 0.25) is 0 Å². The minimum atomic E-state index is -0.0356. The smallest absolute Gasteiger partial charge is 0.223 e. The highest BCUT2D eigenvalue weighted by Crippen LogP contribution is 2.32. The van der Waals surface area contributed by atoms with Crippen molar-refractivity contribution in [2.75, 3.05) is 25.9 Å². The normalized spacial score (nSPS) is 26.7. The Morgan fingerprint density at radius 2 is 2.33 bits per heavy atom. The SMILES string of the molecule is CNC(=O)[C@H]1CC[C@H]2OCCN(C(=O)CCc3csc(N)n3)[C@@H]2C1. The number of morpholine rings is 1. The first-order valence-electron chi connectivity index (χ1n) is 8.41. The topological polar surface area (TPSA) is 97.5 Å². The summed E-state index contributed by atoms with van der Waals surface area (Å²) in [6, 6.07) is 0.00260. The van der Waals surface area contributed by atoms with Crippen LogP contribution in [0.3, 0.4) is 0 Å². The molecule has 0 radical (unpaired) electrons. The first-order chi connectivity index (χ1) is 11.6. The second kappa shape index (κ2) is 7.48. The van der Waals surface area contributed by atoms with Gasteiger partial charge in [-0.25, -0.2) is 4.98 Å². The number of fused-ring (bicyclic) bond motifs is 1. The lowest BCUT2D eigenvalue weighted by Crippen LogP contribution is -2.57. The van der Waals surface area contributed by atoms with Crippen molar-refractivity contribution in [3.63, 3.8) is 0 Å². The Kier molecular flexibility index (Phi) is 5.35. The molecule has 3 rings (SSSR count). The van der Waals surface area contributed by atoms with Gasteiger partial charge in [0.25, 0.3) is 0 Å². The maximum atomic E-state index is 12.7. The van der Waals surface area contributed by atoms with Crippen molar-refractivity contribution in [2.24, 2.45) is 5.92 Å². The molecule has 1 aromatic rings. The van der Waals surface area contributed by atoms with Crippen molar-refractivity contribution in [3.8, 4) is 0 Å². The molecule has 0 spiro atoms. The largest absolute Gasteiger partial charge is 0.375 e. The third kappa shape index (κ3) is 3.70. The molecule has 2 heterocycles. The van der Waals surface area contributed by atoms with Crippen LogP contribution >= 0.6 is 11.3 Å². The van der Waals surface area contributed by atoms with Crippen LogP contribution in [0.5, 0.6) is 0 Å². The van der Waals surface area contributed by atoms with Crippen LogP contribution in [0.25, 0.3) is 0 Å². The van der Waals surface area contributed by atoms with Gasteiger partial charge in [0.05, 0.1) is 24.4 Å². The Balaban J connectivity index is 1.62. The fourth-order valence-electron chi connectivity index (χ4n) is 3.68. The van der Waals surface area contributed by atoms with E-state index in [1.807, 2.05) is 10.3 Å². The molecule has 2 fully saturated rings. The Morgan fingerprint density at radius 1 is 1.50 bits per heavy atom. The number of aromatic nitrogens is 1. The summed E-state index contributed by atoms with van der Waals surface area (Å²) >= 11 is 1.39. The first-order valence-corrected chi connectivity index (χ1v) is 9.29. The van der Waals surface area contributed by atoms with Crippen molar-refractivity contribution < 1.29 is 14.3 Å². The van der Waals surface area contributed by atoms with Gasteiger partial charge in [0, 0.05) is 31.3 Å². The summed E-state index contributed by atoms with van der Waals surface area (Å²) in [4.78, 5) is 30.8. The van der Waals surface area contributed by atoms with Gasteiger partial charge >= 0.3 is 0 Å². The van der Waals surface area contributed by atoms with Crippen molar-refractivity contribution in [3.05, 3.63) is 11.1 Å². The lowest BCUT2D eigenvalue weighted by Gasteiger charge is -2.45. The number of hydrogen-bond donors (Lipinski definition) is 2. The van der Waals surface area contributed by atoms with Crippen LogP contribution in [-0.4, -0.2) is 54.0 Å². The quantitative estimate of drug-likeness (QED) is 0.835. The number of carbonyl (C=O) groups is 2. The van der Waals surface area contributed by atoms with Gasteiger partial charge in [0.2, 0.25) is 11.8 Å². The molecule has 1 aromatic heterocycles. The zero-order valence-corrected chi connectivity index (χ0v) is 14.7. The predicted octanol–water partition coefficient (Wildman–Crippen LogP) is 0.800. The number of anilines is 1. The molecule has 0 bridgehead atoms. The number of aryl methyl sites for hydroxylation is 1. The van der Waals surface area contributed by atoms with E-state index < -0.39 is 0 Å². The average molecular weight is 352 g/mol. The molecular formula is C16H24N4O3S. The Morgan fingerprint density at radius 3 is 3.04 bits per heavy atom. The molecule has 1 saturated carbocycles. The summed E-state index contributed by atoms with van der Waals surface area (Å²) in [5, 5.41) is 5.15. The number of nitrogens with zero attached hydrogens (tertiary/aromatic N) is 2. The van der Waals surface area contributed by atoms with Crippen LogP contribution in [0.1, 0.15) is 31.4 Å². The van der Waals surface area contributed by atoms with E-state index in [2.05, 4.69) is 10.3 Å². The number of ether oxygens (including phenoxy) is 1. The average Bonchev–Trinajstić information content (AvgIpc) is 3.03. The summed E-state index contributed by atoms with van der Waals surface area (Å²) in [7, 11) is 1.66. The summed E-state index contributed by atoms with van der Waals surface area (Å²) in [5.41, 5.74) is 6.49. The summed E-state index contributed by atoms with van der Waals surface area (Å²) in [6.07, 6.45) is 3.39. The van der Waals surface area contributed by atoms with Crippen LogP contribution in [0.4, 0.5) is 5.13 Å². The van der Waals surface area contributed by atoms with E-state index in [0.29, 0.717) is 37.5 Å². The van der Waals surface area contributed by atoms with Gasteiger partial charge in [-0.3, -0.25) is 9.59 Å². The molecule has 2 amide bonds. The maximum Gasteiger partial charge on any atom is 0.223 e. The zero-order valence-electron chi connectivity index (χ0n) is 13.9. The second-order valence-corrected chi connectivity index (χ2v) is 7.25. The molecule has 1 aliphatic carbocycles. The number of rotatable bonds is 4. The number of thiazole rings is 1. The Labute approximate surface area is 145 Å². The van der Waals surface area contributed by atoms with E-state index in [1.54, 1.807) is 7.05 Å². The van der Waals surface area contributed by atoms with E-state index in [4.69, 9.17) is 10.5 Å². The molecule has 24 heavy (non-hydrogen) atoms. The van der Waals surface area contributed by atoms with Crippen molar-refractivity contribution in [2.45, 2.75) is 44.2 Å². The standard InChI is InChI=1S/C16H24N4O3S/c1-18-15(22)10-2-4-13-12(8-10)20(6-7-23-13)14(21)5-3-11-9-24-16(17)19-11/h9-10,12-13H,2-8H2,1H3,(H2,17,19)(H,18,22)/t10-,12+,13+/m0/s1. The summed E-state index contributed by atoms with van der Waals surface area (Å²) in [6.45, 7) is 1.17. The second-order valence-electron chi connectivity index (χ2n) is 6.37. The highest BCUT2D eigenvalue weighted by Gasteiger charge is 2.41. The molecular weight excluding hydrogens is 328 g/mol. The molecule has 132 valence electrons. The van der Waals surface area contributed by atoms with Crippen LogP contribution < -0.4 is 11.1 Å². The minimum Gasteiger partial charge on any atom is -0.375 e. The first kappa shape index (κ1) is 17.2. The molecule has 1 aliphatic heterocycles. The number of nitrogen functional groups attached to an aromatic ring is 1. The number of hydrogen-bond acceptors (Lipinski definition) is 6. The molecule has 8 heteroatoms. The monoisotopic (exact) mass is 352 g/mol. The van der Waals surface area contributed by atoms with E-state index in [0.717, 1.165) is 18.5 Å². The van der Waals surface area contributed by atoms with Crippen LogP contribution in [-0.2, 0) is 20.7 Å². The molecule has 3 atom stereocenters. The van der Waals surface area contributed by atoms with Gasteiger partial charge in [-0.1, -0.05) is 0 Å². The molecule has 3 N–H and O–H groups in total. The van der Waals surface area contributed by atoms with Gasteiger partial charge in [0.15, 0.2) is 5.13 Å². The number of nitrogens with two attached hydrogens (primary N) is 1. The summed E-state index contributed by atoms with van der Waals surface area (Å²) in [5.74, 6) is 0.133. The molecule has 0 aromatic carbocycles. The third-order valence-electron chi connectivity index (χ3n) is 4.92. The van der Waals surface area contributed by atoms with Gasteiger partial charge < -0.3 is 20.7 Å². The van der Waals surface area contributed by atoms with E-state index in [1.165, 1.54) is 11.3 Å². The zero-order chi connectivity index (χ0) is 17.1. The third-order valence-corrected chi connectivity index (χ3v) is 5.64. The molecule has 2 aliphatic rings. The Hall–Kier alpha value is -1.67. The van der Waals surface area contributed by atoms with E-state index >= 15 is 0 Å². The van der Waals surface area contributed by atoms with Gasteiger partial charge in [0.1, 0.15) is 0 Å². The number of carbonyl (C=O) groups excluding carboxylic acids is 2. The molecule has 0 unspecified atom stereocenters. The maximum absolute atomic E-state index is 12.7. The fourth-order valence-corrected chi connectivity index (χ4v) is 4.27.